The Hall–Kier alpha value is -1.54. The number of anilines is 1. The van der Waals surface area contributed by atoms with Gasteiger partial charge in [-0.3, -0.25) is 4.79 Å². The average Bonchev–Trinajstić information content (AvgIpc) is 2.51. The highest BCUT2D eigenvalue weighted by molar-refractivity contribution is 9.10. The summed E-state index contributed by atoms with van der Waals surface area (Å²) < 4.78 is 5.50. The molecule has 24 heavy (non-hydrogen) atoms. The monoisotopic (exact) mass is 388 g/mol. The van der Waals surface area contributed by atoms with Crippen molar-refractivity contribution < 1.29 is 9.53 Å². The molecule has 0 radical (unpaired) electrons. The Morgan fingerprint density at radius 2 is 2.08 bits per heavy atom. The molecule has 4 saturated carbocycles. The number of hydrogen-bond acceptors (Lipinski definition) is 3. The van der Waals surface area contributed by atoms with Gasteiger partial charge < -0.3 is 10.1 Å². The normalized spacial score (nSPS) is 36.2. The van der Waals surface area contributed by atoms with E-state index in [1.54, 1.807) is 12.1 Å². The van der Waals surface area contributed by atoms with Crippen molar-refractivity contribution in [1.82, 2.24) is 0 Å². The van der Waals surface area contributed by atoms with Crippen molar-refractivity contribution in [2.45, 2.75) is 42.8 Å². The maximum absolute atomic E-state index is 13.1. The van der Waals surface area contributed by atoms with Crippen LogP contribution in [0.25, 0.3) is 0 Å². The number of nitriles is 1. The van der Waals surface area contributed by atoms with Crippen LogP contribution < -0.4 is 10.1 Å². The van der Waals surface area contributed by atoms with Crippen molar-refractivity contribution in [1.29, 1.82) is 5.26 Å². The summed E-state index contributed by atoms with van der Waals surface area (Å²) >= 11 is 3.96. The van der Waals surface area contributed by atoms with E-state index in [4.69, 9.17) is 10.00 Å². The van der Waals surface area contributed by atoms with Crippen LogP contribution in [0.1, 0.15) is 38.5 Å². The number of rotatable bonds is 4. The van der Waals surface area contributed by atoms with Gasteiger partial charge in [-0.05, 0) is 62.5 Å². The van der Waals surface area contributed by atoms with Crippen molar-refractivity contribution in [3.8, 4) is 11.8 Å². The second-order valence-electron chi connectivity index (χ2n) is 7.82. The Balaban J connectivity index is 1.51. The molecule has 0 saturated heterocycles. The average molecular weight is 389 g/mol. The highest BCUT2D eigenvalue weighted by Crippen LogP contribution is 2.64. The zero-order valence-electron chi connectivity index (χ0n) is 13.6. The van der Waals surface area contributed by atoms with Gasteiger partial charge in [0.2, 0.25) is 5.91 Å². The summed E-state index contributed by atoms with van der Waals surface area (Å²) in [5, 5.41) is 11.7. The van der Waals surface area contributed by atoms with E-state index in [-0.39, 0.29) is 22.3 Å². The van der Waals surface area contributed by atoms with E-state index in [2.05, 4.69) is 21.2 Å². The third-order valence-electron chi connectivity index (χ3n) is 5.87. The first-order valence-corrected chi connectivity index (χ1v) is 9.40. The molecule has 1 N–H and O–H groups in total. The van der Waals surface area contributed by atoms with Crippen molar-refractivity contribution in [3.05, 3.63) is 24.3 Å². The van der Waals surface area contributed by atoms with Gasteiger partial charge in [-0.25, -0.2) is 0 Å². The summed E-state index contributed by atoms with van der Waals surface area (Å²) in [6.07, 6.45) is 6.72. The molecule has 2 unspecified atom stereocenters. The number of nitrogens with one attached hydrogen (secondary N) is 1. The van der Waals surface area contributed by atoms with E-state index >= 15 is 0 Å². The fourth-order valence-electron chi connectivity index (χ4n) is 5.46. The third kappa shape index (κ3) is 2.82. The molecule has 4 fully saturated rings. The number of halogens is 1. The maximum atomic E-state index is 13.1. The van der Waals surface area contributed by atoms with Gasteiger partial charge in [0.15, 0.2) is 6.61 Å². The molecule has 4 bridgehead atoms. The lowest BCUT2D eigenvalue weighted by Gasteiger charge is -2.59. The number of carbonyl (C=O) groups is 1. The highest BCUT2D eigenvalue weighted by Gasteiger charge is 2.59. The lowest BCUT2D eigenvalue weighted by Crippen LogP contribution is -2.57. The molecule has 1 amide bonds. The molecular weight excluding hydrogens is 368 g/mol. The van der Waals surface area contributed by atoms with Gasteiger partial charge >= 0.3 is 0 Å². The molecule has 0 spiro atoms. The van der Waals surface area contributed by atoms with Crippen LogP contribution in [0.3, 0.4) is 0 Å². The molecule has 0 aromatic heterocycles. The van der Waals surface area contributed by atoms with E-state index in [9.17, 15) is 4.79 Å². The minimum atomic E-state index is -0.225. The zero-order chi connectivity index (χ0) is 16.8. The third-order valence-corrected chi connectivity index (χ3v) is 6.79. The number of nitrogens with zero attached hydrogens (tertiary/aromatic N) is 1. The van der Waals surface area contributed by atoms with E-state index < -0.39 is 0 Å². The molecule has 5 rings (SSSR count). The van der Waals surface area contributed by atoms with E-state index in [1.165, 1.54) is 19.3 Å². The number of carbonyl (C=O) groups excluding carboxylic acids is 1. The SMILES string of the molecule is N#CCOc1cccc(NC(=O)C23CC4CC(CC(Br)(C4)C2)C3)c1. The van der Waals surface area contributed by atoms with Crippen molar-refractivity contribution >= 4 is 27.5 Å². The fourth-order valence-corrected chi connectivity index (χ4v) is 6.91. The van der Waals surface area contributed by atoms with Gasteiger partial charge in [-0.15, -0.1) is 0 Å². The molecule has 126 valence electrons. The number of hydrogen-bond donors (Lipinski definition) is 1. The quantitative estimate of drug-likeness (QED) is 0.783. The van der Waals surface area contributed by atoms with Crippen LogP contribution in [0.4, 0.5) is 5.69 Å². The van der Waals surface area contributed by atoms with Gasteiger partial charge in [0, 0.05) is 16.1 Å². The van der Waals surface area contributed by atoms with E-state index in [0.717, 1.165) is 24.9 Å². The van der Waals surface area contributed by atoms with Gasteiger partial charge in [0.1, 0.15) is 11.8 Å². The Morgan fingerprint density at radius 1 is 1.33 bits per heavy atom. The number of amides is 1. The first-order valence-electron chi connectivity index (χ1n) is 8.61. The summed E-state index contributed by atoms with van der Waals surface area (Å²) in [6.45, 7) is 0.0107. The van der Waals surface area contributed by atoms with Crippen LogP contribution in [0.15, 0.2) is 24.3 Å². The second kappa shape index (κ2) is 5.77. The second-order valence-corrected chi connectivity index (χ2v) is 9.50. The van der Waals surface area contributed by atoms with Crippen molar-refractivity contribution in [2.24, 2.45) is 17.3 Å². The fraction of sp³-hybridized carbons (Fsp3) is 0.579. The predicted octanol–water partition coefficient (Wildman–Crippen LogP) is 4.26. The van der Waals surface area contributed by atoms with Crippen LogP contribution in [-0.2, 0) is 4.79 Å². The Morgan fingerprint density at radius 3 is 2.75 bits per heavy atom. The maximum Gasteiger partial charge on any atom is 0.230 e. The van der Waals surface area contributed by atoms with Crippen LogP contribution >= 0.6 is 15.9 Å². The van der Waals surface area contributed by atoms with Gasteiger partial charge in [-0.2, -0.15) is 5.26 Å². The molecule has 4 aliphatic rings. The van der Waals surface area contributed by atoms with Crippen molar-refractivity contribution in [2.75, 3.05) is 11.9 Å². The molecule has 4 nitrogen and oxygen atoms in total. The lowest BCUT2D eigenvalue weighted by atomic mass is 9.49. The van der Waals surface area contributed by atoms with Crippen LogP contribution in [0.5, 0.6) is 5.75 Å². The van der Waals surface area contributed by atoms with Crippen molar-refractivity contribution in [3.63, 3.8) is 0 Å². The molecule has 1 aromatic rings. The lowest BCUT2D eigenvalue weighted by molar-refractivity contribution is -0.138. The minimum absolute atomic E-state index is 0.0107. The Labute approximate surface area is 150 Å². The van der Waals surface area contributed by atoms with Crippen LogP contribution in [-0.4, -0.2) is 16.8 Å². The van der Waals surface area contributed by atoms with Crippen LogP contribution in [0.2, 0.25) is 0 Å². The highest BCUT2D eigenvalue weighted by atomic mass is 79.9. The smallest absolute Gasteiger partial charge is 0.230 e. The first-order chi connectivity index (χ1) is 11.5. The molecule has 5 heteroatoms. The first kappa shape index (κ1) is 16.0. The summed E-state index contributed by atoms with van der Waals surface area (Å²) in [5.74, 6) is 2.12. The number of alkyl halides is 1. The van der Waals surface area contributed by atoms with Gasteiger partial charge in [0.25, 0.3) is 0 Å². The molecule has 1 aromatic carbocycles. The van der Waals surface area contributed by atoms with Gasteiger partial charge in [-0.1, -0.05) is 22.0 Å². The molecule has 0 heterocycles. The summed E-state index contributed by atoms with van der Waals surface area (Å²) in [6, 6.07) is 9.26. The molecular formula is C19H21BrN2O2. The van der Waals surface area contributed by atoms with Gasteiger partial charge in [0.05, 0.1) is 5.41 Å². The van der Waals surface area contributed by atoms with E-state index in [0.29, 0.717) is 17.6 Å². The Bertz CT molecular complexity index is 698. The molecule has 4 aliphatic carbocycles. The number of ether oxygens (including phenoxy) is 1. The Kier molecular flexibility index (Phi) is 3.84. The van der Waals surface area contributed by atoms with Crippen LogP contribution in [0, 0.1) is 28.6 Å². The summed E-state index contributed by atoms with van der Waals surface area (Å²) in [4.78, 5) is 13.1. The predicted molar refractivity (Wildman–Crippen MR) is 95.0 cm³/mol. The molecule has 0 aliphatic heterocycles. The topological polar surface area (TPSA) is 62.1 Å². The summed E-state index contributed by atoms with van der Waals surface area (Å²) in [5.41, 5.74) is 0.520. The minimum Gasteiger partial charge on any atom is -0.479 e. The standard InChI is InChI=1S/C19H21BrN2O2/c20-19-10-13-6-14(11-19)9-18(8-13,12-19)17(23)22-15-2-1-3-16(7-15)24-5-4-21/h1-3,7,13-14H,5-6,8-12H2,(H,22,23). The molecule has 2 atom stereocenters. The zero-order valence-corrected chi connectivity index (χ0v) is 15.1. The largest absolute Gasteiger partial charge is 0.479 e. The summed E-state index contributed by atoms with van der Waals surface area (Å²) in [7, 11) is 0. The number of benzene rings is 1. The van der Waals surface area contributed by atoms with E-state index in [1.807, 2.05) is 18.2 Å².